The third kappa shape index (κ3) is 2.20. The minimum atomic E-state index is -0.0320. The molecule has 1 heterocycles. The number of hydrogen-bond acceptors (Lipinski definition) is 3. The highest BCUT2D eigenvalue weighted by Gasteiger charge is 2.45. The average molecular weight is 211 g/mol. The smallest absolute Gasteiger partial charge is 0.229 e. The van der Waals surface area contributed by atoms with Gasteiger partial charge in [0.2, 0.25) is 11.8 Å². The minimum absolute atomic E-state index is 0.0320. The molecular weight excluding hydrogens is 194 g/mol. The molecular formula is C11H17NO3. The molecule has 4 nitrogen and oxygen atoms in total. The van der Waals surface area contributed by atoms with Crippen LogP contribution < -0.4 is 0 Å². The average Bonchev–Trinajstić information content (AvgIpc) is 2.93. The van der Waals surface area contributed by atoms with E-state index in [0.29, 0.717) is 32.2 Å². The minimum Gasteiger partial charge on any atom is -0.396 e. The molecule has 1 saturated heterocycles. The first-order valence-electron chi connectivity index (χ1n) is 5.61. The number of nitrogens with zero attached hydrogens (tertiary/aromatic N) is 1. The zero-order valence-corrected chi connectivity index (χ0v) is 8.87. The molecule has 0 spiro atoms. The van der Waals surface area contributed by atoms with Gasteiger partial charge in [-0.25, -0.2) is 0 Å². The van der Waals surface area contributed by atoms with Crippen LogP contribution in [-0.2, 0) is 9.59 Å². The van der Waals surface area contributed by atoms with Crippen LogP contribution in [0.3, 0.4) is 0 Å². The van der Waals surface area contributed by atoms with Crippen LogP contribution in [0.1, 0.15) is 38.5 Å². The zero-order chi connectivity index (χ0) is 10.9. The van der Waals surface area contributed by atoms with Crippen molar-refractivity contribution in [2.75, 3.05) is 13.2 Å². The van der Waals surface area contributed by atoms with Gasteiger partial charge in [0.25, 0.3) is 0 Å². The van der Waals surface area contributed by atoms with E-state index in [9.17, 15) is 9.59 Å². The first kappa shape index (κ1) is 10.6. The van der Waals surface area contributed by atoms with Crippen molar-refractivity contribution in [3.05, 3.63) is 0 Å². The second-order valence-electron chi connectivity index (χ2n) is 4.70. The predicted octanol–water partition coefficient (Wildman–Crippen LogP) is 0.688. The molecule has 0 unspecified atom stereocenters. The molecule has 0 bridgehead atoms. The maximum absolute atomic E-state index is 11.6. The van der Waals surface area contributed by atoms with Crippen molar-refractivity contribution in [3.8, 4) is 0 Å². The molecule has 1 saturated carbocycles. The van der Waals surface area contributed by atoms with E-state index < -0.39 is 0 Å². The van der Waals surface area contributed by atoms with Crippen LogP contribution >= 0.6 is 0 Å². The SMILES string of the molecule is O=C1CCCC(=O)N1CC1(CCO)CC1. The van der Waals surface area contributed by atoms with Crippen LogP contribution in [0.15, 0.2) is 0 Å². The maximum atomic E-state index is 11.6. The van der Waals surface area contributed by atoms with Crippen molar-refractivity contribution in [1.82, 2.24) is 4.90 Å². The Morgan fingerprint density at radius 2 is 1.80 bits per heavy atom. The Balaban J connectivity index is 1.97. The number of aliphatic hydroxyl groups excluding tert-OH is 1. The van der Waals surface area contributed by atoms with Crippen molar-refractivity contribution >= 4 is 11.8 Å². The molecule has 2 fully saturated rings. The van der Waals surface area contributed by atoms with E-state index >= 15 is 0 Å². The number of aliphatic hydroxyl groups is 1. The number of carbonyl (C=O) groups is 2. The van der Waals surface area contributed by atoms with E-state index in [0.717, 1.165) is 12.8 Å². The molecule has 0 aromatic heterocycles. The Kier molecular flexibility index (Phi) is 2.78. The second kappa shape index (κ2) is 3.93. The molecule has 0 aromatic carbocycles. The second-order valence-corrected chi connectivity index (χ2v) is 4.70. The summed E-state index contributed by atoms with van der Waals surface area (Å²) >= 11 is 0. The van der Waals surface area contributed by atoms with Gasteiger partial charge in [0.05, 0.1) is 0 Å². The lowest BCUT2D eigenvalue weighted by atomic mass is 10.00. The van der Waals surface area contributed by atoms with E-state index in [1.807, 2.05) is 0 Å². The van der Waals surface area contributed by atoms with Gasteiger partial charge in [-0.1, -0.05) is 0 Å². The van der Waals surface area contributed by atoms with Gasteiger partial charge in [-0.15, -0.1) is 0 Å². The lowest BCUT2D eigenvalue weighted by Crippen LogP contribution is -2.43. The van der Waals surface area contributed by atoms with Crippen LogP contribution in [0.25, 0.3) is 0 Å². The molecule has 2 aliphatic rings. The van der Waals surface area contributed by atoms with Gasteiger partial charge in [0, 0.05) is 26.0 Å². The van der Waals surface area contributed by atoms with Crippen molar-refractivity contribution in [3.63, 3.8) is 0 Å². The monoisotopic (exact) mass is 211 g/mol. The summed E-state index contributed by atoms with van der Waals surface area (Å²) in [7, 11) is 0. The lowest BCUT2D eigenvalue weighted by Gasteiger charge is -2.28. The molecule has 1 aliphatic heterocycles. The van der Waals surface area contributed by atoms with E-state index in [-0.39, 0.29) is 23.8 Å². The normalized spacial score (nSPS) is 24.5. The molecule has 0 radical (unpaired) electrons. The largest absolute Gasteiger partial charge is 0.396 e. The third-order valence-electron chi connectivity index (χ3n) is 3.48. The van der Waals surface area contributed by atoms with Crippen molar-refractivity contribution in [1.29, 1.82) is 0 Å². The number of piperidine rings is 1. The Hall–Kier alpha value is -0.900. The lowest BCUT2D eigenvalue weighted by molar-refractivity contribution is -0.149. The van der Waals surface area contributed by atoms with Gasteiger partial charge < -0.3 is 5.11 Å². The molecule has 0 atom stereocenters. The van der Waals surface area contributed by atoms with Crippen molar-refractivity contribution in [2.24, 2.45) is 5.41 Å². The number of imide groups is 1. The first-order valence-corrected chi connectivity index (χ1v) is 5.61. The first-order chi connectivity index (χ1) is 7.17. The van der Waals surface area contributed by atoms with E-state index in [1.165, 1.54) is 4.90 Å². The fourth-order valence-electron chi connectivity index (χ4n) is 2.21. The maximum Gasteiger partial charge on any atom is 0.229 e. The third-order valence-corrected chi connectivity index (χ3v) is 3.48. The number of likely N-dealkylation sites (tertiary alicyclic amines) is 1. The van der Waals surface area contributed by atoms with Crippen molar-refractivity contribution in [2.45, 2.75) is 38.5 Å². The molecule has 84 valence electrons. The summed E-state index contributed by atoms with van der Waals surface area (Å²) in [6.45, 7) is 0.682. The highest BCUT2D eigenvalue weighted by atomic mass is 16.3. The number of amides is 2. The number of hydrogen-bond donors (Lipinski definition) is 1. The standard InChI is InChI=1S/C11H17NO3/c13-7-6-11(4-5-11)8-12-9(14)2-1-3-10(12)15/h13H,1-8H2. The van der Waals surface area contributed by atoms with Gasteiger partial charge in [-0.2, -0.15) is 0 Å². The Morgan fingerprint density at radius 3 is 2.27 bits per heavy atom. The Labute approximate surface area is 89.3 Å². The van der Waals surface area contributed by atoms with Gasteiger partial charge in [0.1, 0.15) is 0 Å². The molecule has 4 heteroatoms. The van der Waals surface area contributed by atoms with Crippen LogP contribution in [-0.4, -0.2) is 35.0 Å². The predicted molar refractivity (Wildman–Crippen MR) is 53.9 cm³/mol. The highest BCUT2D eigenvalue weighted by Crippen LogP contribution is 2.49. The summed E-state index contributed by atoms with van der Waals surface area (Å²) in [4.78, 5) is 24.5. The summed E-state index contributed by atoms with van der Waals surface area (Å²) in [6.07, 6.45) is 4.47. The van der Waals surface area contributed by atoms with E-state index in [2.05, 4.69) is 0 Å². The molecule has 15 heavy (non-hydrogen) atoms. The van der Waals surface area contributed by atoms with Gasteiger partial charge in [-0.3, -0.25) is 14.5 Å². The molecule has 1 N–H and O–H groups in total. The van der Waals surface area contributed by atoms with E-state index in [1.54, 1.807) is 0 Å². The zero-order valence-electron chi connectivity index (χ0n) is 8.87. The topological polar surface area (TPSA) is 57.6 Å². The van der Waals surface area contributed by atoms with Gasteiger partial charge in [-0.05, 0) is 31.1 Å². The fraction of sp³-hybridized carbons (Fsp3) is 0.818. The van der Waals surface area contributed by atoms with Crippen LogP contribution in [0.5, 0.6) is 0 Å². The van der Waals surface area contributed by atoms with Crippen LogP contribution in [0, 0.1) is 5.41 Å². The van der Waals surface area contributed by atoms with Gasteiger partial charge in [0.15, 0.2) is 0 Å². The Morgan fingerprint density at radius 1 is 1.20 bits per heavy atom. The summed E-state index contributed by atoms with van der Waals surface area (Å²) in [5.74, 6) is -0.0640. The fourth-order valence-corrected chi connectivity index (χ4v) is 2.21. The van der Waals surface area contributed by atoms with E-state index in [4.69, 9.17) is 5.11 Å². The van der Waals surface area contributed by atoms with Crippen LogP contribution in [0.2, 0.25) is 0 Å². The number of rotatable bonds is 4. The highest BCUT2D eigenvalue weighted by molar-refractivity contribution is 5.97. The summed E-state index contributed by atoms with van der Waals surface area (Å²) in [6, 6.07) is 0. The molecule has 0 aromatic rings. The number of carbonyl (C=O) groups excluding carboxylic acids is 2. The molecule has 1 aliphatic carbocycles. The van der Waals surface area contributed by atoms with Crippen LogP contribution in [0.4, 0.5) is 0 Å². The molecule has 2 amide bonds. The Bertz CT molecular complexity index is 268. The summed E-state index contributed by atoms with van der Waals surface area (Å²) in [5, 5.41) is 8.91. The van der Waals surface area contributed by atoms with Gasteiger partial charge >= 0.3 is 0 Å². The summed E-state index contributed by atoms with van der Waals surface area (Å²) in [5.41, 5.74) is 0.0530. The molecule has 2 rings (SSSR count). The van der Waals surface area contributed by atoms with Crippen molar-refractivity contribution < 1.29 is 14.7 Å². The quantitative estimate of drug-likeness (QED) is 0.696. The summed E-state index contributed by atoms with van der Waals surface area (Å²) < 4.78 is 0.